The highest BCUT2D eigenvalue weighted by molar-refractivity contribution is 7.99. The molecule has 0 radical (unpaired) electrons. The quantitative estimate of drug-likeness (QED) is 0.0174. The molecule has 4 aliphatic rings. The molecule has 14 N–H and O–H groups in total. The van der Waals surface area contributed by atoms with Crippen molar-refractivity contribution < 1.29 is 100 Å². The Hall–Kier alpha value is -11.8. The number of alkyl halides is 4. The van der Waals surface area contributed by atoms with E-state index in [1.54, 1.807) is 129 Å². The molecular weight excluding hydrogens is 1680 g/mol. The molecule has 4 saturated heterocycles. The van der Waals surface area contributed by atoms with E-state index in [9.17, 15) is 50.0 Å². The highest BCUT2D eigenvalue weighted by atomic mass is 32.2. The van der Waals surface area contributed by atoms with Gasteiger partial charge in [-0.15, -0.1) is 22.0 Å². The van der Waals surface area contributed by atoms with Crippen molar-refractivity contribution in [3.8, 4) is 6.07 Å². The van der Waals surface area contributed by atoms with Gasteiger partial charge in [-0.1, -0.05) is 110 Å². The number of nitrogens with zero attached hydrogens (tertiary/aromatic N) is 17. The second-order valence-electron chi connectivity index (χ2n) is 28.7. The first kappa shape index (κ1) is 90.5. The molecule has 4 aliphatic heterocycles. The van der Waals surface area contributed by atoms with Gasteiger partial charge in [-0.05, 0) is 101 Å². The number of carbonyl (C=O) groups excluding carboxylic acids is 4. The lowest BCUT2D eigenvalue weighted by molar-refractivity contribution is -0.256. The molecule has 0 amide bonds. The molecule has 0 saturated carbocycles. The molecule has 0 spiro atoms. The van der Waals surface area contributed by atoms with Crippen LogP contribution in [-0.2, 0) is 60.9 Å². The number of benzene rings is 4. The average molecular weight is 1760 g/mol. The summed E-state index contributed by atoms with van der Waals surface area (Å²) in [5, 5.41) is 80.9. The minimum absolute atomic E-state index is 0. The summed E-state index contributed by atoms with van der Waals surface area (Å²) in [6.07, 6.45) is 3.63. The largest absolute Gasteiger partial charge is 0.459 e. The molecule has 12 aromatic rings. The number of carbonyl (C=O) groups is 4. The number of hydrogen-bond acceptors (Lipinski definition) is 37. The van der Waals surface area contributed by atoms with Gasteiger partial charge in [-0.25, -0.2) is 94.7 Å². The van der Waals surface area contributed by atoms with E-state index in [0.29, 0.717) is 16.6 Å². The molecule has 45 heteroatoms. The minimum atomic E-state index is -2.77. The second kappa shape index (κ2) is 35.6. The van der Waals surface area contributed by atoms with E-state index in [4.69, 9.17) is 55.1 Å². The molecule has 0 aliphatic carbocycles. The zero-order valence-corrected chi connectivity index (χ0v) is 69.3. The third-order valence-corrected chi connectivity index (χ3v) is 23.1. The molecule has 38 nitrogen and oxygen atoms in total. The van der Waals surface area contributed by atoms with Gasteiger partial charge in [0.05, 0.1) is 59.8 Å². The van der Waals surface area contributed by atoms with Crippen molar-refractivity contribution >= 4 is 99.2 Å². The Kier molecular flexibility index (Phi) is 26.2. The fourth-order valence-corrected chi connectivity index (χ4v) is 15.6. The summed E-state index contributed by atoms with van der Waals surface area (Å²) in [6, 6.07) is 34.1. The predicted molar refractivity (Wildman–Crippen MR) is 431 cm³/mol. The summed E-state index contributed by atoms with van der Waals surface area (Å²) < 4.78 is 113. The summed E-state index contributed by atoms with van der Waals surface area (Å²) >= 11 is 3.74. The summed E-state index contributed by atoms with van der Waals surface area (Å²) in [4.78, 5) is 83.7. The van der Waals surface area contributed by atoms with Gasteiger partial charge in [0.25, 0.3) is 11.6 Å². The van der Waals surface area contributed by atoms with Gasteiger partial charge in [0.15, 0.2) is 63.6 Å². The normalized spacial score (nSPS) is 28.1. The highest BCUT2D eigenvalue weighted by Gasteiger charge is 2.71. The first-order chi connectivity index (χ1) is 58.1. The number of aromatic nitrogens is 16. The zero-order valence-electron chi connectivity index (χ0n) is 66.9. The van der Waals surface area contributed by atoms with E-state index in [2.05, 4.69) is 60.3 Å². The topological polar surface area (TPSA) is 552 Å². The summed E-state index contributed by atoms with van der Waals surface area (Å²) in [7, 11) is 0. The number of nitrogens with two attached hydrogens (primary N) is 3. The van der Waals surface area contributed by atoms with Crippen molar-refractivity contribution in [2.24, 2.45) is 5.92 Å². The number of thioether (sulfide) groups is 3. The predicted octanol–water partition coefficient (Wildman–Crippen LogP) is 6.80. The van der Waals surface area contributed by atoms with Crippen LogP contribution in [0, 0.1) is 17.2 Å². The van der Waals surface area contributed by atoms with Gasteiger partial charge in [0.1, 0.15) is 84.2 Å². The van der Waals surface area contributed by atoms with Crippen molar-refractivity contribution in [1.82, 2.24) is 84.5 Å². The van der Waals surface area contributed by atoms with E-state index in [-0.39, 0.29) is 96.4 Å². The van der Waals surface area contributed by atoms with Gasteiger partial charge in [0, 0.05) is 5.92 Å². The monoisotopic (exact) mass is 1760 g/mol. The lowest BCUT2D eigenvalue weighted by Gasteiger charge is -2.32. The third kappa shape index (κ3) is 16.1. The Morgan fingerprint density at radius 2 is 0.862 bits per heavy atom. The average Bonchev–Trinajstić information content (AvgIpc) is 1.58. The van der Waals surface area contributed by atoms with Crippen LogP contribution in [0.15, 0.2) is 174 Å². The third-order valence-electron chi connectivity index (χ3n) is 21.3. The molecule has 16 atom stereocenters. The van der Waals surface area contributed by atoms with Gasteiger partial charge >= 0.3 is 23.9 Å². The number of halogens is 4. The van der Waals surface area contributed by atoms with Crippen molar-refractivity contribution in [1.29, 1.82) is 5.26 Å². The number of ether oxygens (including phenoxy) is 8. The van der Waals surface area contributed by atoms with Crippen LogP contribution < -0.4 is 23.4 Å². The Labute approximate surface area is 708 Å². The Morgan fingerprint density at radius 3 is 1.25 bits per heavy atom. The number of anilines is 3. The standard InChI is InChI=1S/C27H25FN4O6S2.C26H24FN5O6S.C13H18FN5O2.C12H13FN6O3.H3N/c1-26(28)20(37-24(34)17-12-8-5-9-13-17)18(15-36-23(33)16-10-6-4-7-11-16)38-27(26,35)19-14-29-21-22(39-2)30-25(40-3)31-32(19)21;1-25(27)19(37-23(34)16-11-7-4-8-12-16)17(14-36-22(33)15-9-5-3-6-10-15)38-26(25,35)18-13-29-21-20(28)30-24(39-2)31-32(18)21;1-4-8-7(2)12(3,14)13(20,21-8)9-5-16-11-10(15)17-6-18-19(9)11;1-11(13)8(21)6(3-20)22-12(11,4-14)7-2-16-10-9(15)17-5-18-19(7)10;/h4-14,18,20,35H,15H2,1-3H3;3-13,17,19,35H,14H2,1-2H3,(H2,28,30,31);5-8,20H,4H2,1-3H3,(H2,15,17,18);2,5-6,8,20-21H,3H2,1H3,(H2,15,17,18);1H3/t18-,20-,26-,27?;17-,19-,25-,26?;7-,8-,12-,13?;6-,8-,11-,12+;/m1111./s1. The fourth-order valence-electron chi connectivity index (χ4n) is 14.3. The molecule has 3 unspecified atom stereocenters. The number of rotatable bonds is 19. The Bertz CT molecular complexity index is 5900. The van der Waals surface area contributed by atoms with E-state index in [0.717, 1.165) is 42.3 Å². The van der Waals surface area contributed by atoms with Gasteiger partial charge in [0.2, 0.25) is 33.0 Å². The maximum atomic E-state index is 16.9. The zero-order chi connectivity index (χ0) is 87.8. The molecular formula is C78H83F4N21O17S3. The number of aliphatic hydroxyl groups is 5. The molecule has 4 fully saturated rings. The Balaban J connectivity index is 0.000000155. The number of nitrogen functional groups attached to an aromatic ring is 3. The Morgan fingerprint density at radius 1 is 0.496 bits per heavy atom. The molecule has 16 rings (SSSR count). The van der Waals surface area contributed by atoms with Crippen LogP contribution in [0.2, 0.25) is 0 Å². The van der Waals surface area contributed by atoms with Crippen LogP contribution in [0.5, 0.6) is 0 Å². The van der Waals surface area contributed by atoms with E-state index in [1.165, 1.54) is 100 Å². The first-order valence-corrected chi connectivity index (χ1v) is 40.8. The van der Waals surface area contributed by atoms with Crippen LogP contribution in [-0.4, -0.2) is 232 Å². The summed E-state index contributed by atoms with van der Waals surface area (Å²) in [5.74, 6) is -10.9. The van der Waals surface area contributed by atoms with Crippen LogP contribution in [0.3, 0.4) is 0 Å². The fraction of sp³-hybridized carbons (Fsp3) is 0.372. The van der Waals surface area contributed by atoms with Crippen molar-refractivity contribution in [3.63, 3.8) is 0 Å². The lowest BCUT2D eigenvalue weighted by Crippen LogP contribution is -2.51. The second-order valence-corrected chi connectivity index (χ2v) is 31.0. The van der Waals surface area contributed by atoms with Crippen LogP contribution >= 0.6 is 35.3 Å². The van der Waals surface area contributed by atoms with Crippen molar-refractivity contribution in [2.75, 3.05) is 55.8 Å². The summed E-state index contributed by atoms with van der Waals surface area (Å²) in [6.45, 7) is 6.35. The first-order valence-electron chi connectivity index (χ1n) is 37.2. The van der Waals surface area contributed by atoms with E-state index >= 15 is 17.6 Å². The molecule has 0 bridgehead atoms. The molecule has 648 valence electrons. The lowest BCUT2D eigenvalue weighted by atomic mass is 9.82. The van der Waals surface area contributed by atoms with Crippen molar-refractivity contribution in [2.45, 2.75) is 152 Å². The van der Waals surface area contributed by atoms with Gasteiger partial charge in [-0.3, -0.25) is 0 Å². The summed E-state index contributed by atoms with van der Waals surface area (Å²) in [5.41, 5.74) is 6.47. The number of nitriles is 1. The van der Waals surface area contributed by atoms with Crippen molar-refractivity contribution in [3.05, 3.63) is 204 Å². The molecule has 8 aromatic heterocycles. The van der Waals surface area contributed by atoms with E-state index in [1.807, 2.05) is 6.92 Å². The van der Waals surface area contributed by atoms with E-state index < -0.39 is 138 Å². The maximum absolute atomic E-state index is 16.9. The maximum Gasteiger partial charge on any atom is 0.338 e. The van der Waals surface area contributed by atoms with Gasteiger partial charge in [-0.2, -0.15) is 15.5 Å². The molecule has 123 heavy (non-hydrogen) atoms. The smallest absolute Gasteiger partial charge is 0.338 e. The minimum Gasteiger partial charge on any atom is -0.459 e. The van der Waals surface area contributed by atoms with Crippen LogP contribution in [0.1, 0.15) is 112 Å². The van der Waals surface area contributed by atoms with Gasteiger partial charge < -0.3 is 86.8 Å². The molecule has 12 heterocycles. The number of hydrogen-bond donors (Lipinski definition) is 9. The SMILES string of the molecule is CC[C@H]1OC(O)(c2cnc3c(N)ncnn23)[C@](C)(F)[C@@H]1C.CSc1nc(N)c2ncc(C3(O)O[C@H](COC(=O)c4ccccc4)[C@@H](OC(=O)c4ccccc4)[C@@]3(C)F)n2n1.CSc1nc(SC)c2ncc(C3(O)O[C@H](COC(=O)c4ccccc4)[C@@H](OC(=O)c4ccccc4)[C@@]3(C)F)n2n1.C[C@@]1(F)[C@H](O)[C@@H](CO)O[C@@]1(C#N)c1cnc2c(N)ncnn12.N. The number of fused-ring (bicyclic) bond motifs is 4. The number of imidazole rings is 4. The van der Waals surface area contributed by atoms with Crippen LogP contribution in [0.25, 0.3) is 22.6 Å². The highest BCUT2D eigenvalue weighted by Crippen LogP contribution is 2.55. The number of aliphatic hydroxyl groups excluding tert-OH is 2. The van der Waals surface area contributed by atoms with Crippen LogP contribution in [0.4, 0.5) is 35.0 Å². The number of esters is 4. The molecule has 4 aromatic carbocycles.